The van der Waals surface area contributed by atoms with Gasteiger partial charge in [-0.15, -0.1) is 0 Å². The number of aromatic amines is 1. The van der Waals surface area contributed by atoms with Gasteiger partial charge in [0, 0.05) is 87.3 Å². The van der Waals surface area contributed by atoms with E-state index in [0.717, 1.165) is 93.9 Å². The number of benzene rings is 4. The number of methoxy groups -OCH3 is 1. The first kappa shape index (κ1) is 51.9. The molecule has 1 spiro atoms. The third-order valence-corrected chi connectivity index (χ3v) is 17.7. The molecule has 4 aliphatic rings. The van der Waals surface area contributed by atoms with E-state index in [0.29, 0.717) is 23.4 Å². The van der Waals surface area contributed by atoms with Gasteiger partial charge in [0.05, 0.1) is 34.3 Å². The molecule has 1 unspecified atom stereocenters. The molecule has 16 nitrogen and oxygen atoms in total. The van der Waals surface area contributed by atoms with Crippen molar-refractivity contribution in [2.24, 2.45) is 5.41 Å². The van der Waals surface area contributed by atoms with Gasteiger partial charge >= 0.3 is 0 Å². The summed E-state index contributed by atoms with van der Waals surface area (Å²) in [5, 5.41) is 26.1. The minimum atomic E-state index is -4.67. The van der Waals surface area contributed by atoms with E-state index in [-0.39, 0.29) is 60.7 Å². The number of anilines is 2. The fraction of sp³-hybridized carbons (Fsp3) is 0.439. The predicted octanol–water partition coefficient (Wildman–Crippen LogP) is 10.3. The van der Waals surface area contributed by atoms with Crippen LogP contribution >= 0.6 is 0 Å². The highest BCUT2D eigenvalue weighted by molar-refractivity contribution is 7.90. The lowest BCUT2D eigenvalue weighted by atomic mass is 9.59. The minimum absolute atomic E-state index is 0.0601. The standard InChI is InChI=1S/C57H67FN8O8S/c1-38(2)46-7-5-6-8-47(46)51-36-63(35-39-9-12-43(73-4)13-10-39)27-28-65(51)42-32-56(33-42)22-25-64(26-23-56)41-11-15-48(52(30-41)74-44-29-40-17-24-59-53(40)60-34-44)54(67)62-75(71,72)45-14-16-49(50(31-45)66(69)70)61-37-57(58)20-18-55(3,68)19-21-57/h5-17,24,29-31,34,38,42,51,61,68H,18-23,25-28,32-33,35-37H2,1-4H3,(H,59,60)(H,62,67). The maximum atomic E-state index is 15.6. The average molecular weight is 1040 g/mol. The maximum Gasteiger partial charge on any atom is 0.293 e. The first-order valence-corrected chi connectivity index (χ1v) is 27.6. The van der Waals surface area contributed by atoms with Gasteiger partial charge in [-0.3, -0.25) is 24.7 Å². The molecule has 1 atom stereocenters. The number of piperidine rings is 1. The van der Waals surface area contributed by atoms with Crippen molar-refractivity contribution in [1.82, 2.24) is 24.5 Å². The van der Waals surface area contributed by atoms with E-state index in [2.05, 4.69) is 85.0 Å². The van der Waals surface area contributed by atoms with Gasteiger partial charge in [0.1, 0.15) is 34.3 Å². The van der Waals surface area contributed by atoms with E-state index in [1.165, 1.54) is 35.0 Å². The van der Waals surface area contributed by atoms with Crippen molar-refractivity contribution in [1.29, 1.82) is 0 Å². The SMILES string of the molecule is COc1ccc(CN2CCN(C3CC4(CCN(c5ccc(C(=O)NS(=O)(=O)c6ccc(NCC7(F)CCC(C)(O)CC7)c([N+](=O)[O-])c6)c(Oc6cnc7[nH]ccc7c6)c5)CC4)C3)C(c3ccccc3C(C)C)C2)cc1. The highest BCUT2D eigenvalue weighted by atomic mass is 32.2. The summed E-state index contributed by atoms with van der Waals surface area (Å²) in [7, 11) is -2.98. The van der Waals surface area contributed by atoms with Crippen molar-refractivity contribution in [3.8, 4) is 17.2 Å². The molecule has 396 valence electrons. The number of hydrogen-bond donors (Lipinski definition) is 4. The number of piperazine rings is 1. The Bertz CT molecular complexity index is 3160. The molecular weight excluding hydrogens is 976 g/mol. The number of ether oxygens (including phenoxy) is 2. The zero-order valence-corrected chi connectivity index (χ0v) is 43.9. The Morgan fingerprint density at radius 2 is 1.68 bits per heavy atom. The molecule has 2 aliphatic heterocycles. The Morgan fingerprint density at radius 3 is 2.40 bits per heavy atom. The summed E-state index contributed by atoms with van der Waals surface area (Å²) in [4.78, 5) is 40.2. The Kier molecular flexibility index (Phi) is 14.4. The zero-order chi connectivity index (χ0) is 52.7. The van der Waals surface area contributed by atoms with E-state index < -0.39 is 42.7 Å². The zero-order valence-electron chi connectivity index (χ0n) is 43.1. The number of H-pyrrole nitrogens is 1. The van der Waals surface area contributed by atoms with E-state index >= 15 is 4.39 Å². The Balaban J connectivity index is 0.832. The van der Waals surface area contributed by atoms with E-state index in [1.54, 1.807) is 38.4 Å². The third-order valence-electron chi connectivity index (χ3n) is 16.4. The van der Waals surface area contributed by atoms with Crippen LogP contribution in [0, 0.1) is 15.5 Å². The third kappa shape index (κ3) is 11.3. The number of pyridine rings is 1. The van der Waals surface area contributed by atoms with Crippen molar-refractivity contribution >= 4 is 44.0 Å². The fourth-order valence-electron chi connectivity index (χ4n) is 11.8. The van der Waals surface area contributed by atoms with Crippen LogP contribution in [-0.2, 0) is 16.6 Å². The van der Waals surface area contributed by atoms with Crippen LogP contribution < -0.4 is 24.4 Å². The van der Waals surface area contributed by atoms with Crippen LogP contribution in [0.1, 0.15) is 111 Å². The summed E-state index contributed by atoms with van der Waals surface area (Å²) in [6.45, 7) is 11.4. The van der Waals surface area contributed by atoms with Gasteiger partial charge in [0.2, 0.25) is 0 Å². The average Bonchev–Trinajstić information content (AvgIpc) is 3.87. The lowest BCUT2D eigenvalue weighted by Gasteiger charge is -2.58. The fourth-order valence-corrected chi connectivity index (χ4v) is 12.8. The largest absolute Gasteiger partial charge is 0.497 e. The number of nitrogens with one attached hydrogen (secondary N) is 3. The van der Waals surface area contributed by atoms with Gasteiger partial charge in [0.15, 0.2) is 0 Å². The summed E-state index contributed by atoms with van der Waals surface area (Å²) < 4.78 is 57.2. The van der Waals surface area contributed by atoms with Crippen LogP contribution in [0.15, 0.2) is 114 Å². The number of amides is 1. The predicted molar refractivity (Wildman–Crippen MR) is 287 cm³/mol. The molecule has 2 saturated carbocycles. The number of halogens is 1. The van der Waals surface area contributed by atoms with Gasteiger partial charge in [0.25, 0.3) is 21.6 Å². The van der Waals surface area contributed by atoms with E-state index in [4.69, 9.17) is 9.47 Å². The smallest absolute Gasteiger partial charge is 0.293 e. The topological polar surface area (TPSA) is 195 Å². The van der Waals surface area contributed by atoms with Crippen molar-refractivity contribution < 1.29 is 37.1 Å². The van der Waals surface area contributed by atoms with Crippen molar-refractivity contribution in [2.45, 2.75) is 113 Å². The second kappa shape index (κ2) is 20.8. The van der Waals surface area contributed by atoms with Crippen LogP contribution in [0.25, 0.3) is 11.0 Å². The summed E-state index contributed by atoms with van der Waals surface area (Å²) in [6, 6.07) is 30.0. The number of rotatable bonds is 16. The van der Waals surface area contributed by atoms with Crippen LogP contribution in [0.5, 0.6) is 17.2 Å². The second-order valence-electron chi connectivity index (χ2n) is 21.9. The number of nitro benzene ring substituents is 1. The highest BCUT2D eigenvalue weighted by Gasteiger charge is 2.50. The summed E-state index contributed by atoms with van der Waals surface area (Å²) in [6.07, 6.45) is 8.11. The van der Waals surface area contributed by atoms with Gasteiger partial charge in [-0.2, -0.15) is 0 Å². The molecule has 10 rings (SSSR count). The molecule has 1 amide bonds. The van der Waals surface area contributed by atoms with Crippen molar-refractivity contribution in [3.63, 3.8) is 0 Å². The van der Waals surface area contributed by atoms with Gasteiger partial charge in [-0.25, -0.2) is 22.5 Å². The Morgan fingerprint density at radius 1 is 0.933 bits per heavy atom. The number of hydrogen-bond acceptors (Lipinski definition) is 13. The van der Waals surface area contributed by atoms with Crippen LogP contribution in [0.2, 0.25) is 0 Å². The van der Waals surface area contributed by atoms with Crippen molar-refractivity contribution in [3.05, 3.63) is 142 Å². The molecule has 4 N–H and O–H groups in total. The number of carbonyl (C=O) groups is 1. The number of carbonyl (C=O) groups excluding carboxylic acids is 1. The minimum Gasteiger partial charge on any atom is -0.497 e. The number of nitrogens with zero attached hydrogens (tertiary/aromatic N) is 5. The summed E-state index contributed by atoms with van der Waals surface area (Å²) in [5.41, 5.74) is 2.33. The summed E-state index contributed by atoms with van der Waals surface area (Å²) >= 11 is 0. The van der Waals surface area contributed by atoms with Gasteiger partial charge in [-0.1, -0.05) is 50.2 Å². The van der Waals surface area contributed by atoms with E-state index in [9.17, 15) is 28.4 Å². The van der Waals surface area contributed by atoms with Gasteiger partial charge < -0.3 is 29.8 Å². The van der Waals surface area contributed by atoms with Crippen LogP contribution in [0.4, 0.5) is 21.5 Å². The molecule has 4 fully saturated rings. The molecule has 4 heterocycles. The lowest BCUT2D eigenvalue weighted by molar-refractivity contribution is -0.384. The number of aliphatic hydroxyl groups is 1. The number of aromatic nitrogens is 2. The van der Waals surface area contributed by atoms with Crippen LogP contribution in [-0.4, -0.2) is 108 Å². The molecule has 2 aliphatic carbocycles. The molecule has 0 bridgehead atoms. The van der Waals surface area contributed by atoms with Crippen molar-refractivity contribution in [2.75, 3.05) is 56.6 Å². The molecule has 18 heteroatoms. The number of nitro groups is 1. The summed E-state index contributed by atoms with van der Waals surface area (Å²) in [5.74, 6) is 0.704. The Hall–Kier alpha value is -6.60. The molecule has 0 radical (unpaired) electrons. The van der Waals surface area contributed by atoms with Gasteiger partial charge in [-0.05, 0) is 135 Å². The maximum absolute atomic E-state index is 15.6. The molecule has 2 aromatic heterocycles. The molecule has 2 saturated heterocycles. The number of fused-ring (bicyclic) bond motifs is 1. The first-order chi connectivity index (χ1) is 35.9. The first-order valence-electron chi connectivity index (χ1n) is 26.1. The second-order valence-corrected chi connectivity index (χ2v) is 23.6. The van der Waals surface area contributed by atoms with Crippen LogP contribution in [0.3, 0.4) is 0 Å². The van der Waals surface area contributed by atoms with E-state index in [1.807, 2.05) is 18.2 Å². The molecule has 6 aromatic rings. The molecule has 75 heavy (non-hydrogen) atoms. The monoisotopic (exact) mass is 1040 g/mol. The quantitative estimate of drug-likeness (QED) is 0.0529. The lowest BCUT2D eigenvalue weighted by Crippen LogP contribution is -2.60. The molecular formula is C57H67FN8O8S. The highest BCUT2D eigenvalue weighted by Crippen LogP contribution is 2.53. The number of alkyl halides is 1. The Labute approximate surface area is 437 Å². The number of sulfonamides is 1. The molecule has 4 aromatic carbocycles. The normalized spacial score (nSPS) is 22.5.